The molecule has 1 atom stereocenters. The van der Waals surface area contributed by atoms with Gasteiger partial charge in [-0.15, -0.1) is 0 Å². The highest BCUT2D eigenvalue weighted by atomic mass is 32.2. The van der Waals surface area contributed by atoms with Crippen molar-refractivity contribution < 1.29 is 18.0 Å². The number of aromatic nitrogens is 2. The van der Waals surface area contributed by atoms with E-state index in [4.69, 9.17) is 0 Å². The average molecular weight is 435 g/mol. The number of fused-ring (bicyclic) bond motifs is 1. The Bertz CT molecular complexity index is 1160. The van der Waals surface area contributed by atoms with Gasteiger partial charge in [-0.2, -0.15) is 13.2 Å². The number of nitrogens with zero attached hydrogens (tertiary/aromatic N) is 2. The van der Waals surface area contributed by atoms with Gasteiger partial charge in [-0.25, -0.2) is 4.98 Å². The van der Waals surface area contributed by atoms with Gasteiger partial charge < -0.3 is 5.32 Å². The number of thioether (sulfide) groups is 1. The number of carbonyl (C=O) groups is 1. The third kappa shape index (κ3) is 4.67. The number of amides is 1. The van der Waals surface area contributed by atoms with Gasteiger partial charge in [0.2, 0.25) is 5.91 Å². The van der Waals surface area contributed by atoms with Crippen LogP contribution in [0.2, 0.25) is 0 Å². The van der Waals surface area contributed by atoms with Crippen LogP contribution in [0.15, 0.2) is 52.4 Å². The summed E-state index contributed by atoms with van der Waals surface area (Å²) in [5.41, 5.74) is 2.60. The number of hydrogen-bond acceptors (Lipinski definition) is 4. The first-order valence-electron chi connectivity index (χ1n) is 9.18. The van der Waals surface area contributed by atoms with E-state index in [0.717, 1.165) is 22.9 Å². The molecule has 3 rings (SSSR count). The van der Waals surface area contributed by atoms with Crippen molar-refractivity contribution in [3.8, 4) is 5.69 Å². The quantitative estimate of drug-likeness (QED) is 0.483. The van der Waals surface area contributed by atoms with Gasteiger partial charge in [0.25, 0.3) is 5.56 Å². The first-order valence-corrected chi connectivity index (χ1v) is 10.1. The van der Waals surface area contributed by atoms with Crippen molar-refractivity contribution in [3.05, 3.63) is 63.9 Å². The van der Waals surface area contributed by atoms with Crippen LogP contribution in [0.5, 0.6) is 0 Å². The van der Waals surface area contributed by atoms with Crippen LogP contribution in [0, 0.1) is 13.8 Å². The van der Waals surface area contributed by atoms with E-state index in [2.05, 4.69) is 4.98 Å². The molecule has 0 radical (unpaired) electrons. The predicted molar refractivity (Wildman–Crippen MR) is 111 cm³/mol. The molecule has 1 unspecified atom stereocenters. The van der Waals surface area contributed by atoms with E-state index in [1.165, 1.54) is 11.5 Å². The molecule has 0 aliphatic heterocycles. The van der Waals surface area contributed by atoms with E-state index < -0.39 is 23.9 Å². The lowest BCUT2D eigenvalue weighted by Crippen LogP contribution is -2.38. The number of para-hydroxylation sites is 1. The molecule has 9 heteroatoms. The third-order valence-corrected chi connectivity index (χ3v) is 5.73. The highest BCUT2D eigenvalue weighted by Crippen LogP contribution is 2.27. The summed E-state index contributed by atoms with van der Waals surface area (Å²) < 4.78 is 38.7. The SMILES string of the molecule is Cc1cccc(-n2c(SC(C)C(=O)NCC(F)(F)F)nc3ccccc3c2=O)c1C. The minimum atomic E-state index is -4.50. The van der Waals surface area contributed by atoms with Crippen LogP contribution in [0.3, 0.4) is 0 Å². The van der Waals surface area contributed by atoms with Crippen LogP contribution in [-0.4, -0.2) is 33.4 Å². The largest absolute Gasteiger partial charge is 0.405 e. The second kappa shape index (κ2) is 8.51. The van der Waals surface area contributed by atoms with Crippen LogP contribution < -0.4 is 10.9 Å². The third-order valence-electron chi connectivity index (χ3n) is 4.68. The number of aryl methyl sites for hydroxylation is 1. The first kappa shape index (κ1) is 21.9. The smallest absolute Gasteiger partial charge is 0.346 e. The lowest BCUT2D eigenvalue weighted by atomic mass is 10.1. The molecule has 1 aromatic heterocycles. The number of carbonyl (C=O) groups excluding carboxylic acids is 1. The van der Waals surface area contributed by atoms with E-state index in [9.17, 15) is 22.8 Å². The Hall–Kier alpha value is -2.81. The minimum Gasteiger partial charge on any atom is -0.346 e. The summed E-state index contributed by atoms with van der Waals surface area (Å²) in [6.45, 7) is 3.86. The molecule has 2 aromatic carbocycles. The van der Waals surface area contributed by atoms with Gasteiger partial charge in [0.15, 0.2) is 5.16 Å². The summed E-state index contributed by atoms with van der Waals surface area (Å²) in [5, 5.41) is 1.63. The number of benzene rings is 2. The van der Waals surface area contributed by atoms with Crippen molar-refractivity contribution in [2.24, 2.45) is 0 Å². The van der Waals surface area contributed by atoms with Crippen LogP contribution in [0.1, 0.15) is 18.1 Å². The molecule has 3 aromatic rings. The molecule has 0 aliphatic carbocycles. The van der Waals surface area contributed by atoms with Crippen molar-refractivity contribution in [1.29, 1.82) is 0 Å². The Kier molecular flexibility index (Phi) is 6.21. The predicted octanol–water partition coefficient (Wildman–Crippen LogP) is 4.16. The average Bonchev–Trinajstić information content (AvgIpc) is 2.68. The topological polar surface area (TPSA) is 64.0 Å². The standard InChI is InChI=1S/C21H20F3N3O2S/c1-12-7-6-10-17(13(12)2)27-19(29)15-8-4-5-9-16(15)26-20(27)30-14(3)18(28)25-11-21(22,23)24/h4-10,14H,11H2,1-3H3,(H,25,28). The van der Waals surface area contributed by atoms with Gasteiger partial charge in [-0.3, -0.25) is 14.2 Å². The monoisotopic (exact) mass is 435 g/mol. The molecular formula is C21H20F3N3O2S. The van der Waals surface area contributed by atoms with E-state index in [0.29, 0.717) is 16.6 Å². The number of rotatable bonds is 5. The Morgan fingerprint density at radius 3 is 2.57 bits per heavy atom. The Labute approximate surface area is 175 Å². The van der Waals surface area contributed by atoms with E-state index >= 15 is 0 Å². The molecule has 0 fully saturated rings. The first-order chi connectivity index (χ1) is 14.1. The fourth-order valence-corrected chi connectivity index (χ4v) is 3.87. The lowest BCUT2D eigenvalue weighted by Gasteiger charge is -2.18. The number of halogens is 3. The molecule has 0 spiro atoms. The van der Waals surface area contributed by atoms with Crippen LogP contribution in [0.25, 0.3) is 16.6 Å². The van der Waals surface area contributed by atoms with Crippen molar-refractivity contribution in [3.63, 3.8) is 0 Å². The zero-order chi connectivity index (χ0) is 22.1. The maximum absolute atomic E-state index is 13.3. The maximum Gasteiger partial charge on any atom is 0.405 e. The van der Waals surface area contributed by atoms with Crippen molar-refractivity contribution in [1.82, 2.24) is 14.9 Å². The fourth-order valence-electron chi connectivity index (χ4n) is 2.92. The molecule has 1 N–H and O–H groups in total. The second-order valence-electron chi connectivity index (χ2n) is 6.86. The maximum atomic E-state index is 13.3. The van der Waals surface area contributed by atoms with Gasteiger partial charge in [-0.05, 0) is 50.1 Å². The lowest BCUT2D eigenvalue weighted by molar-refractivity contribution is -0.137. The van der Waals surface area contributed by atoms with Gasteiger partial charge in [-0.1, -0.05) is 36.0 Å². The molecule has 30 heavy (non-hydrogen) atoms. The Balaban J connectivity index is 2.08. The molecule has 0 bridgehead atoms. The number of nitrogens with one attached hydrogen (secondary N) is 1. The summed E-state index contributed by atoms with van der Waals surface area (Å²) in [6.07, 6.45) is -4.50. The zero-order valence-corrected chi connectivity index (χ0v) is 17.4. The van der Waals surface area contributed by atoms with Crippen molar-refractivity contribution >= 4 is 28.6 Å². The van der Waals surface area contributed by atoms with Crippen LogP contribution >= 0.6 is 11.8 Å². The molecule has 0 aliphatic rings. The number of alkyl halides is 3. The van der Waals surface area contributed by atoms with Crippen molar-refractivity contribution in [2.45, 2.75) is 37.4 Å². The zero-order valence-electron chi connectivity index (χ0n) is 16.6. The molecule has 0 saturated carbocycles. The van der Waals surface area contributed by atoms with Gasteiger partial charge in [0.05, 0.1) is 21.8 Å². The molecular weight excluding hydrogens is 415 g/mol. The van der Waals surface area contributed by atoms with Gasteiger partial charge in [0.1, 0.15) is 6.54 Å². The summed E-state index contributed by atoms with van der Waals surface area (Å²) >= 11 is 0.940. The summed E-state index contributed by atoms with van der Waals surface area (Å²) in [7, 11) is 0. The van der Waals surface area contributed by atoms with Gasteiger partial charge in [0, 0.05) is 0 Å². The Morgan fingerprint density at radius 1 is 1.17 bits per heavy atom. The number of hydrogen-bond donors (Lipinski definition) is 1. The molecule has 1 heterocycles. The summed E-state index contributed by atoms with van der Waals surface area (Å²) in [5.74, 6) is -0.785. The van der Waals surface area contributed by atoms with Crippen molar-refractivity contribution in [2.75, 3.05) is 6.54 Å². The normalized spacial score (nSPS) is 12.7. The molecule has 5 nitrogen and oxygen atoms in total. The van der Waals surface area contributed by atoms with Crippen LogP contribution in [0.4, 0.5) is 13.2 Å². The molecule has 1 amide bonds. The molecule has 158 valence electrons. The fraction of sp³-hybridized carbons (Fsp3) is 0.286. The highest BCUT2D eigenvalue weighted by Gasteiger charge is 2.29. The van der Waals surface area contributed by atoms with E-state index in [1.54, 1.807) is 30.3 Å². The van der Waals surface area contributed by atoms with Gasteiger partial charge >= 0.3 is 6.18 Å². The van der Waals surface area contributed by atoms with Crippen LogP contribution in [-0.2, 0) is 4.79 Å². The van der Waals surface area contributed by atoms with E-state index in [-0.39, 0.29) is 10.7 Å². The Morgan fingerprint density at radius 2 is 1.87 bits per heavy atom. The second-order valence-corrected chi connectivity index (χ2v) is 8.17. The highest BCUT2D eigenvalue weighted by molar-refractivity contribution is 8.00. The minimum absolute atomic E-state index is 0.238. The van der Waals surface area contributed by atoms with E-state index in [1.807, 2.05) is 31.3 Å². The summed E-state index contributed by atoms with van der Waals surface area (Å²) in [6, 6.07) is 12.3. The molecule has 0 saturated heterocycles. The summed E-state index contributed by atoms with van der Waals surface area (Å²) in [4.78, 5) is 30.0.